The molecule has 2 amide bonds. The van der Waals surface area contributed by atoms with Gasteiger partial charge in [0.05, 0.1) is 12.1 Å². The molecule has 0 spiro atoms. The molecule has 35 heavy (non-hydrogen) atoms. The minimum absolute atomic E-state index is 0.0946. The van der Waals surface area contributed by atoms with Crippen LogP contribution in [0.15, 0.2) is 90.0 Å². The van der Waals surface area contributed by atoms with Crippen LogP contribution in [0.1, 0.15) is 36.5 Å². The van der Waals surface area contributed by atoms with E-state index in [9.17, 15) is 9.59 Å². The van der Waals surface area contributed by atoms with E-state index in [4.69, 9.17) is 10.00 Å². The molecule has 0 saturated heterocycles. The summed E-state index contributed by atoms with van der Waals surface area (Å²) in [5, 5.41) is 15.7. The van der Waals surface area contributed by atoms with Gasteiger partial charge in [-0.2, -0.15) is 10.4 Å². The third-order valence-electron chi connectivity index (χ3n) is 5.36. The Labute approximate surface area is 205 Å². The predicted octanol–water partition coefficient (Wildman–Crippen LogP) is 4.01. The summed E-state index contributed by atoms with van der Waals surface area (Å²) in [5.41, 5.74) is 4.81. The molecule has 0 fully saturated rings. The van der Waals surface area contributed by atoms with Gasteiger partial charge in [0.25, 0.3) is 5.91 Å². The second kappa shape index (κ2) is 12.7. The summed E-state index contributed by atoms with van der Waals surface area (Å²) in [6.07, 6.45) is 1.44. The van der Waals surface area contributed by atoms with Crippen molar-refractivity contribution in [3.8, 4) is 11.8 Å². The Kier molecular flexibility index (Phi) is 9.14. The van der Waals surface area contributed by atoms with E-state index in [1.54, 1.807) is 24.3 Å². The molecule has 1 atom stereocenters. The molecule has 0 bridgehead atoms. The van der Waals surface area contributed by atoms with E-state index in [-0.39, 0.29) is 18.4 Å². The Bertz CT molecular complexity index is 1150. The van der Waals surface area contributed by atoms with Gasteiger partial charge in [-0.15, -0.1) is 0 Å². The molecular formula is C28H28N4O3. The fraction of sp³-hybridized carbons (Fsp3) is 0.214. The van der Waals surface area contributed by atoms with Crippen LogP contribution in [0.5, 0.6) is 5.75 Å². The lowest BCUT2D eigenvalue weighted by molar-refractivity contribution is -0.130. The van der Waals surface area contributed by atoms with Crippen molar-refractivity contribution in [1.82, 2.24) is 10.7 Å². The number of hydrazone groups is 1. The summed E-state index contributed by atoms with van der Waals surface area (Å²) in [7, 11) is 0. The van der Waals surface area contributed by atoms with Gasteiger partial charge in [0.1, 0.15) is 17.9 Å². The van der Waals surface area contributed by atoms with E-state index in [0.717, 1.165) is 11.1 Å². The largest absolute Gasteiger partial charge is 0.478 e. The fourth-order valence-electron chi connectivity index (χ4n) is 3.62. The van der Waals surface area contributed by atoms with Crippen LogP contribution in [0.4, 0.5) is 0 Å². The molecule has 3 rings (SSSR count). The number of hydrogen-bond donors (Lipinski definition) is 2. The van der Waals surface area contributed by atoms with Crippen LogP contribution in [0.2, 0.25) is 0 Å². The molecule has 0 aromatic heterocycles. The molecule has 0 heterocycles. The second-order valence-corrected chi connectivity index (χ2v) is 8.20. The highest BCUT2D eigenvalue weighted by Crippen LogP contribution is 2.25. The Morgan fingerprint density at radius 1 is 0.914 bits per heavy atom. The minimum atomic E-state index is -0.792. The lowest BCUT2D eigenvalue weighted by atomic mass is 9.89. The van der Waals surface area contributed by atoms with Crippen LogP contribution >= 0.6 is 0 Å². The second-order valence-electron chi connectivity index (χ2n) is 8.20. The predicted molar refractivity (Wildman–Crippen MR) is 135 cm³/mol. The number of benzene rings is 3. The monoisotopic (exact) mass is 468 g/mol. The van der Waals surface area contributed by atoms with Crippen molar-refractivity contribution in [3.63, 3.8) is 0 Å². The van der Waals surface area contributed by atoms with Gasteiger partial charge < -0.3 is 10.1 Å². The maximum atomic E-state index is 13.4. The number of para-hydroxylation sites is 1. The molecule has 7 heteroatoms. The number of nitrogens with zero attached hydrogens (tertiary/aromatic N) is 2. The van der Waals surface area contributed by atoms with Crippen molar-refractivity contribution in [2.45, 2.75) is 25.8 Å². The third kappa shape index (κ3) is 7.02. The molecule has 0 saturated carbocycles. The SMILES string of the molecule is CC(C)[C@H](NC(=O)C(c1ccccc1)c1ccccc1)C(=O)N/N=C\c1ccccc1OCC#N. The summed E-state index contributed by atoms with van der Waals surface area (Å²) < 4.78 is 5.37. The maximum Gasteiger partial charge on any atom is 0.262 e. The first-order valence-corrected chi connectivity index (χ1v) is 11.3. The van der Waals surface area contributed by atoms with Gasteiger partial charge in [0.2, 0.25) is 5.91 Å². The molecule has 3 aromatic carbocycles. The number of carbonyl (C=O) groups excluding carboxylic acids is 2. The lowest BCUT2D eigenvalue weighted by Crippen LogP contribution is -2.50. The highest BCUT2D eigenvalue weighted by atomic mass is 16.5. The molecule has 0 aliphatic rings. The number of hydrogen-bond acceptors (Lipinski definition) is 5. The average molecular weight is 469 g/mol. The number of rotatable bonds is 10. The Hall–Kier alpha value is -4.44. The zero-order valence-electron chi connectivity index (χ0n) is 19.7. The molecule has 3 aromatic rings. The van der Waals surface area contributed by atoms with E-state index >= 15 is 0 Å². The molecule has 178 valence electrons. The van der Waals surface area contributed by atoms with E-state index in [0.29, 0.717) is 11.3 Å². The first-order chi connectivity index (χ1) is 17.0. The number of amides is 2. The zero-order valence-corrected chi connectivity index (χ0v) is 19.7. The quantitative estimate of drug-likeness (QED) is 0.347. The lowest BCUT2D eigenvalue weighted by Gasteiger charge is -2.24. The maximum absolute atomic E-state index is 13.4. The highest BCUT2D eigenvalue weighted by Gasteiger charge is 2.29. The number of carbonyl (C=O) groups is 2. The Morgan fingerprint density at radius 3 is 2.06 bits per heavy atom. The normalized spacial score (nSPS) is 11.7. The third-order valence-corrected chi connectivity index (χ3v) is 5.36. The van der Waals surface area contributed by atoms with Crippen molar-refractivity contribution >= 4 is 18.0 Å². The van der Waals surface area contributed by atoms with Crippen LogP contribution in [0.25, 0.3) is 0 Å². The summed E-state index contributed by atoms with van der Waals surface area (Å²) in [5.74, 6) is -0.948. The van der Waals surface area contributed by atoms with Gasteiger partial charge in [0.15, 0.2) is 6.61 Å². The van der Waals surface area contributed by atoms with Crippen molar-refractivity contribution in [3.05, 3.63) is 102 Å². The number of nitriles is 1. The van der Waals surface area contributed by atoms with Crippen LogP contribution < -0.4 is 15.5 Å². The molecule has 0 aliphatic carbocycles. The molecule has 0 radical (unpaired) electrons. The van der Waals surface area contributed by atoms with Gasteiger partial charge in [-0.1, -0.05) is 86.6 Å². The molecule has 2 N–H and O–H groups in total. The molecular weight excluding hydrogens is 440 g/mol. The van der Waals surface area contributed by atoms with Crippen LogP contribution in [-0.4, -0.2) is 30.7 Å². The van der Waals surface area contributed by atoms with Gasteiger partial charge in [-0.05, 0) is 29.2 Å². The smallest absolute Gasteiger partial charge is 0.262 e. The summed E-state index contributed by atoms with van der Waals surface area (Å²) in [4.78, 5) is 26.4. The van der Waals surface area contributed by atoms with E-state index in [1.807, 2.05) is 80.6 Å². The van der Waals surface area contributed by atoms with Gasteiger partial charge >= 0.3 is 0 Å². The van der Waals surface area contributed by atoms with Crippen LogP contribution in [-0.2, 0) is 9.59 Å². The van der Waals surface area contributed by atoms with Crippen molar-refractivity contribution in [2.75, 3.05) is 6.61 Å². The van der Waals surface area contributed by atoms with E-state index in [2.05, 4.69) is 15.8 Å². The van der Waals surface area contributed by atoms with Gasteiger partial charge in [0, 0.05) is 5.56 Å². The highest BCUT2D eigenvalue weighted by molar-refractivity contribution is 5.93. The van der Waals surface area contributed by atoms with Crippen LogP contribution in [0, 0.1) is 17.2 Å². The van der Waals surface area contributed by atoms with Crippen molar-refractivity contribution in [1.29, 1.82) is 5.26 Å². The van der Waals surface area contributed by atoms with Crippen LogP contribution in [0.3, 0.4) is 0 Å². The first kappa shape index (κ1) is 25.2. The standard InChI is InChI=1S/C28H28N4O3/c1-20(2)26(28(34)32-30-19-23-15-9-10-16-24(23)35-18-17-29)31-27(33)25(21-11-5-3-6-12-21)22-13-7-4-8-14-22/h3-16,19-20,25-26H,18H2,1-2H3,(H,31,33)(H,32,34)/b30-19-/t26-/m0/s1. The zero-order chi connectivity index (χ0) is 25.0. The van der Waals surface area contributed by atoms with Gasteiger partial charge in [-0.25, -0.2) is 5.43 Å². The summed E-state index contributed by atoms with van der Waals surface area (Å²) in [6.45, 7) is 3.63. The fourth-order valence-corrected chi connectivity index (χ4v) is 3.62. The van der Waals surface area contributed by atoms with E-state index in [1.165, 1.54) is 6.21 Å². The summed E-state index contributed by atoms with van der Waals surface area (Å²) in [6, 6.07) is 27.1. The number of nitrogens with one attached hydrogen (secondary N) is 2. The van der Waals surface area contributed by atoms with Crippen molar-refractivity contribution in [2.24, 2.45) is 11.0 Å². The molecule has 7 nitrogen and oxygen atoms in total. The van der Waals surface area contributed by atoms with Crippen molar-refractivity contribution < 1.29 is 14.3 Å². The van der Waals surface area contributed by atoms with Gasteiger partial charge in [-0.3, -0.25) is 9.59 Å². The molecule has 0 aliphatic heterocycles. The number of ether oxygens (including phenoxy) is 1. The Balaban J connectivity index is 1.74. The first-order valence-electron chi connectivity index (χ1n) is 11.3. The Morgan fingerprint density at radius 2 is 1.49 bits per heavy atom. The minimum Gasteiger partial charge on any atom is -0.478 e. The molecule has 0 unspecified atom stereocenters. The van der Waals surface area contributed by atoms with E-state index < -0.39 is 17.9 Å². The average Bonchev–Trinajstić information content (AvgIpc) is 2.88. The topological polar surface area (TPSA) is 104 Å². The summed E-state index contributed by atoms with van der Waals surface area (Å²) >= 11 is 0.